The minimum Gasteiger partial charge on any atom is -0.490 e. The van der Waals surface area contributed by atoms with Crippen molar-refractivity contribution in [3.8, 4) is 5.75 Å². The van der Waals surface area contributed by atoms with E-state index in [1.807, 2.05) is 64.6 Å². The molecule has 28 heavy (non-hydrogen) atoms. The molecule has 1 amide bonds. The Morgan fingerprint density at radius 3 is 2.18 bits per heavy atom. The minimum absolute atomic E-state index is 0.0178. The summed E-state index contributed by atoms with van der Waals surface area (Å²) < 4.78 is 18.3. The number of carbonyl (C=O) groups is 1. The molecule has 1 aromatic rings. The molecule has 2 fully saturated rings. The first-order chi connectivity index (χ1) is 13.0. The summed E-state index contributed by atoms with van der Waals surface area (Å²) in [5.41, 5.74) is 0.638. The summed E-state index contributed by atoms with van der Waals surface area (Å²) in [6.45, 7) is 15.3. The van der Waals surface area contributed by atoms with Crippen LogP contribution in [0.4, 0.5) is 0 Å². The molecule has 2 aliphatic rings. The third-order valence-corrected chi connectivity index (χ3v) is 5.91. The minimum atomic E-state index is -0.479. The number of nitrogens with zero attached hydrogens (tertiary/aromatic N) is 2. The Labute approximate surface area is 169 Å². The normalized spacial score (nSPS) is 22.0. The first kappa shape index (κ1) is 21.2. The van der Waals surface area contributed by atoms with Gasteiger partial charge < -0.3 is 23.8 Å². The Morgan fingerprint density at radius 2 is 1.64 bits per heavy atom. The van der Waals surface area contributed by atoms with Gasteiger partial charge in [0.15, 0.2) is 0 Å². The number of rotatable bonds is 4. The number of hydrogen-bond donors (Lipinski definition) is 0. The van der Waals surface area contributed by atoms with Crippen LogP contribution in [0.25, 0.3) is 0 Å². The SMILES string of the molecule is CC(C)Oc1cc(B2OC(C)(C)C(C)(C)O2)ccc1C(=O)N1CCN(C)CC1. The molecule has 6 nitrogen and oxygen atoms in total. The monoisotopic (exact) mass is 388 g/mol. The molecule has 1 aromatic carbocycles. The summed E-state index contributed by atoms with van der Waals surface area (Å²) in [6.07, 6.45) is -0.0346. The summed E-state index contributed by atoms with van der Waals surface area (Å²) >= 11 is 0. The highest BCUT2D eigenvalue weighted by Crippen LogP contribution is 2.37. The standard InChI is InChI=1S/C21H33BN2O4/c1-15(2)26-18-14-16(22-27-20(3,4)21(5,6)28-22)8-9-17(18)19(25)24-12-10-23(7)11-13-24/h8-9,14-15H,10-13H2,1-7H3. The summed E-state index contributed by atoms with van der Waals surface area (Å²) in [5, 5.41) is 0. The van der Waals surface area contributed by atoms with E-state index in [2.05, 4.69) is 11.9 Å². The Bertz CT molecular complexity index is 711. The fraction of sp³-hybridized carbons (Fsp3) is 0.667. The smallest absolute Gasteiger partial charge is 0.490 e. The zero-order chi connectivity index (χ0) is 20.7. The van der Waals surface area contributed by atoms with Crippen LogP contribution in [0.15, 0.2) is 18.2 Å². The van der Waals surface area contributed by atoms with Crippen LogP contribution in [-0.2, 0) is 9.31 Å². The van der Waals surface area contributed by atoms with E-state index in [-0.39, 0.29) is 12.0 Å². The number of hydrogen-bond acceptors (Lipinski definition) is 5. The van der Waals surface area contributed by atoms with Crippen LogP contribution in [0.2, 0.25) is 0 Å². The second-order valence-electron chi connectivity index (χ2n) is 9.11. The zero-order valence-electron chi connectivity index (χ0n) is 18.2. The first-order valence-corrected chi connectivity index (χ1v) is 10.1. The maximum absolute atomic E-state index is 13.1. The van der Waals surface area contributed by atoms with Crippen molar-refractivity contribution in [3.63, 3.8) is 0 Å². The Balaban J connectivity index is 1.87. The molecule has 0 unspecified atom stereocenters. The summed E-state index contributed by atoms with van der Waals surface area (Å²) in [7, 11) is 1.60. The van der Waals surface area contributed by atoms with Gasteiger partial charge in [0.1, 0.15) is 5.75 Å². The van der Waals surface area contributed by atoms with E-state index < -0.39 is 18.3 Å². The van der Waals surface area contributed by atoms with Crippen molar-refractivity contribution in [2.24, 2.45) is 0 Å². The van der Waals surface area contributed by atoms with Crippen molar-refractivity contribution in [2.75, 3.05) is 33.2 Å². The van der Waals surface area contributed by atoms with E-state index in [1.54, 1.807) is 0 Å². The first-order valence-electron chi connectivity index (χ1n) is 10.1. The van der Waals surface area contributed by atoms with Crippen molar-refractivity contribution in [1.82, 2.24) is 9.80 Å². The highest BCUT2D eigenvalue weighted by Gasteiger charge is 2.51. The molecular formula is C21H33BN2O4. The Kier molecular flexibility index (Phi) is 5.81. The van der Waals surface area contributed by atoms with Gasteiger partial charge in [-0.25, -0.2) is 0 Å². The molecule has 0 radical (unpaired) electrons. The quantitative estimate of drug-likeness (QED) is 0.740. The molecule has 0 spiro atoms. The van der Waals surface area contributed by atoms with Crippen LogP contribution in [-0.4, -0.2) is 73.4 Å². The van der Waals surface area contributed by atoms with Crippen molar-refractivity contribution >= 4 is 18.5 Å². The van der Waals surface area contributed by atoms with Crippen molar-refractivity contribution < 1.29 is 18.8 Å². The van der Waals surface area contributed by atoms with E-state index in [9.17, 15) is 4.79 Å². The number of likely N-dealkylation sites (N-methyl/N-ethyl adjacent to an activating group) is 1. The molecule has 3 rings (SSSR count). The molecule has 0 aliphatic carbocycles. The third-order valence-electron chi connectivity index (χ3n) is 5.91. The molecule has 154 valence electrons. The topological polar surface area (TPSA) is 51.2 Å². The molecule has 0 aromatic heterocycles. The molecule has 0 N–H and O–H groups in total. The van der Waals surface area contributed by atoms with Crippen LogP contribution in [0, 0.1) is 0 Å². The van der Waals surface area contributed by atoms with Gasteiger partial charge in [-0.15, -0.1) is 0 Å². The van der Waals surface area contributed by atoms with Gasteiger partial charge in [-0.3, -0.25) is 4.79 Å². The molecule has 0 saturated carbocycles. The maximum Gasteiger partial charge on any atom is 0.494 e. The van der Waals surface area contributed by atoms with Gasteiger partial charge in [-0.2, -0.15) is 0 Å². The predicted octanol–water partition coefficient (Wildman–Crippen LogP) is 2.16. The lowest BCUT2D eigenvalue weighted by molar-refractivity contribution is 0.00578. The predicted molar refractivity (Wildman–Crippen MR) is 111 cm³/mol. The Hall–Kier alpha value is -1.57. The highest BCUT2D eigenvalue weighted by atomic mass is 16.7. The molecule has 0 atom stereocenters. The summed E-state index contributed by atoms with van der Waals surface area (Å²) in [4.78, 5) is 17.2. The summed E-state index contributed by atoms with van der Waals surface area (Å²) in [5.74, 6) is 0.607. The van der Waals surface area contributed by atoms with Gasteiger partial charge in [0.25, 0.3) is 5.91 Å². The van der Waals surface area contributed by atoms with E-state index >= 15 is 0 Å². The van der Waals surface area contributed by atoms with Gasteiger partial charge in [-0.1, -0.05) is 6.07 Å². The number of piperazine rings is 1. The van der Waals surface area contributed by atoms with Crippen LogP contribution < -0.4 is 10.2 Å². The van der Waals surface area contributed by atoms with Gasteiger partial charge in [-0.05, 0) is 66.2 Å². The van der Waals surface area contributed by atoms with Gasteiger partial charge in [0.2, 0.25) is 0 Å². The second kappa shape index (κ2) is 7.69. The van der Waals surface area contributed by atoms with Gasteiger partial charge >= 0.3 is 7.12 Å². The van der Waals surface area contributed by atoms with Gasteiger partial charge in [0.05, 0.1) is 22.9 Å². The molecular weight excluding hydrogens is 355 g/mol. The van der Waals surface area contributed by atoms with E-state index in [0.29, 0.717) is 11.3 Å². The average Bonchev–Trinajstić information content (AvgIpc) is 2.82. The third kappa shape index (κ3) is 4.21. The largest absolute Gasteiger partial charge is 0.494 e. The molecule has 2 heterocycles. The van der Waals surface area contributed by atoms with E-state index in [4.69, 9.17) is 14.0 Å². The molecule has 0 bridgehead atoms. The number of carbonyl (C=O) groups excluding carboxylic acids is 1. The molecule has 2 aliphatic heterocycles. The number of ether oxygens (including phenoxy) is 1. The van der Waals surface area contributed by atoms with Crippen molar-refractivity contribution in [1.29, 1.82) is 0 Å². The van der Waals surface area contributed by atoms with Crippen LogP contribution in [0.1, 0.15) is 51.9 Å². The number of benzene rings is 1. The maximum atomic E-state index is 13.1. The van der Waals surface area contributed by atoms with Crippen LogP contribution >= 0.6 is 0 Å². The van der Waals surface area contributed by atoms with E-state index in [1.165, 1.54) is 0 Å². The average molecular weight is 388 g/mol. The van der Waals surface area contributed by atoms with Gasteiger partial charge in [0, 0.05) is 26.2 Å². The lowest BCUT2D eigenvalue weighted by Gasteiger charge is -2.33. The lowest BCUT2D eigenvalue weighted by atomic mass is 9.78. The lowest BCUT2D eigenvalue weighted by Crippen LogP contribution is -2.47. The second-order valence-corrected chi connectivity index (χ2v) is 9.11. The molecule has 7 heteroatoms. The zero-order valence-corrected chi connectivity index (χ0v) is 18.2. The van der Waals surface area contributed by atoms with Crippen LogP contribution in [0.3, 0.4) is 0 Å². The highest BCUT2D eigenvalue weighted by molar-refractivity contribution is 6.62. The van der Waals surface area contributed by atoms with Crippen molar-refractivity contribution in [3.05, 3.63) is 23.8 Å². The van der Waals surface area contributed by atoms with E-state index in [0.717, 1.165) is 31.6 Å². The fourth-order valence-corrected chi connectivity index (χ4v) is 3.37. The number of amides is 1. The summed E-state index contributed by atoms with van der Waals surface area (Å²) in [6, 6.07) is 5.66. The van der Waals surface area contributed by atoms with Crippen LogP contribution in [0.5, 0.6) is 5.75 Å². The molecule has 2 saturated heterocycles. The fourth-order valence-electron chi connectivity index (χ4n) is 3.37. The van der Waals surface area contributed by atoms with Crippen molar-refractivity contribution in [2.45, 2.75) is 58.8 Å². The Morgan fingerprint density at radius 1 is 1.07 bits per heavy atom.